The highest BCUT2D eigenvalue weighted by atomic mass is 15.1. The Morgan fingerprint density at radius 1 is 0.345 bits per heavy atom. The third kappa shape index (κ3) is 5.48. The predicted octanol–water partition coefficient (Wildman–Crippen LogP) is 2.35. The fourth-order valence-electron chi connectivity index (χ4n) is 7.88. The molecule has 0 amide bonds. The summed E-state index contributed by atoms with van der Waals surface area (Å²) in [6.07, 6.45) is 0. The molecular formula is C45H22B8N2. The highest BCUT2D eigenvalue weighted by Gasteiger charge is 2.25. The van der Waals surface area contributed by atoms with Crippen LogP contribution in [0.2, 0.25) is 0 Å². The maximum atomic E-state index is 7.04. The number of benzene rings is 8. The standard InChI is InChI=1S/C45H22B8N2/c46-37-33-31(25-14-9-13-24(21-25)23-11-3-1-4-12-23)34-36(40(49)44(53)42(51)38(34)47)32(35(33)39(48)43(52)41(37)50)26-15-10-16-27(22-26)45-54-29-19-7-8-20-30(29)55(45)28-17-5-2-6-18-28/h1-22H. The first kappa shape index (κ1) is 35.0. The van der Waals surface area contributed by atoms with E-state index in [0.717, 1.165) is 50.4 Å². The third-order valence-electron chi connectivity index (χ3n) is 10.6. The Balaban J connectivity index is 1.43. The third-order valence-corrected chi connectivity index (χ3v) is 10.6. The molecular weight excluding hydrogens is 655 g/mol. The average Bonchev–Trinajstić information content (AvgIpc) is 3.63. The maximum Gasteiger partial charge on any atom is 0.145 e. The lowest BCUT2D eigenvalue weighted by molar-refractivity contribution is 1.10. The van der Waals surface area contributed by atoms with Crippen LogP contribution in [0.15, 0.2) is 133 Å². The van der Waals surface area contributed by atoms with Crippen LogP contribution in [0.4, 0.5) is 0 Å². The van der Waals surface area contributed by atoms with E-state index in [1.54, 1.807) is 0 Å². The molecule has 1 heterocycles. The van der Waals surface area contributed by atoms with E-state index in [1.165, 1.54) is 0 Å². The normalized spacial score (nSPS) is 11.5. The Bertz CT molecular complexity index is 2930. The summed E-state index contributed by atoms with van der Waals surface area (Å²) in [4.78, 5) is 5.12. The topological polar surface area (TPSA) is 17.8 Å². The molecule has 1 aromatic heterocycles. The summed E-state index contributed by atoms with van der Waals surface area (Å²) in [5.41, 5.74) is 10.1. The van der Waals surface area contributed by atoms with E-state index in [9.17, 15) is 0 Å². The van der Waals surface area contributed by atoms with Crippen LogP contribution in [-0.2, 0) is 0 Å². The first-order valence-corrected chi connectivity index (χ1v) is 17.7. The molecule has 0 saturated heterocycles. The van der Waals surface area contributed by atoms with Gasteiger partial charge in [-0.1, -0.05) is 119 Å². The van der Waals surface area contributed by atoms with Gasteiger partial charge >= 0.3 is 0 Å². The minimum absolute atomic E-state index is 0.159. The van der Waals surface area contributed by atoms with Gasteiger partial charge in [-0.05, 0) is 91.3 Å². The minimum Gasteiger partial charge on any atom is -0.292 e. The number of fused-ring (bicyclic) bond motifs is 3. The van der Waals surface area contributed by atoms with Crippen LogP contribution >= 0.6 is 0 Å². The molecule has 0 bridgehead atoms. The molecule has 0 atom stereocenters. The van der Waals surface area contributed by atoms with Crippen molar-refractivity contribution in [2.45, 2.75) is 0 Å². The van der Waals surface area contributed by atoms with Gasteiger partial charge in [0.2, 0.25) is 0 Å². The number of aromatic nitrogens is 2. The van der Waals surface area contributed by atoms with Gasteiger partial charge in [0.25, 0.3) is 0 Å². The largest absolute Gasteiger partial charge is 0.292 e. The van der Waals surface area contributed by atoms with Crippen molar-refractivity contribution >= 4 is 139 Å². The Labute approximate surface area is 331 Å². The van der Waals surface area contributed by atoms with Crippen molar-refractivity contribution in [3.63, 3.8) is 0 Å². The molecule has 236 valence electrons. The molecule has 16 radical (unpaired) electrons. The van der Waals surface area contributed by atoms with Gasteiger partial charge < -0.3 is 0 Å². The van der Waals surface area contributed by atoms with Gasteiger partial charge in [-0.15, -0.1) is 21.9 Å². The zero-order valence-corrected chi connectivity index (χ0v) is 29.7. The molecule has 8 aromatic carbocycles. The van der Waals surface area contributed by atoms with Gasteiger partial charge in [-0.3, -0.25) is 4.57 Å². The van der Waals surface area contributed by atoms with Crippen molar-refractivity contribution in [2.75, 3.05) is 0 Å². The summed E-state index contributed by atoms with van der Waals surface area (Å²) in [7, 11) is 54.7. The molecule has 0 aliphatic carbocycles. The summed E-state index contributed by atoms with van der Waals surface area (Å²) >= 11 is 0. The Hall–Kier alpha value is -5.73. The number of para-hydroxylation sites is 3. The molecule has 2 nitrogen and oxygen atoms in total. The van der Waals surface area contributed by atoms with Gasteiger partial charge in [0.1, 0.15) is 68.6 Å². The molecule has 55 heavy (non-hydrogen) atoms. The molecule has 10 heteroatoms. The second-order valence-electron chi connectivity index (χ2n) is 13.7. The number of imidazole rings is 1. The molecule has 0 unspecified atom stereocenters. The second-order valence-corrected chi connectivity index (χ2v) is 13.7. The van der Waals surface area contributed by atoms with Crippen molar-refractivity contribution < 1.29 is 0 Å². The van der Waals surface area contributed by atoms with E-state index in [4.69, 9.17) is 67.8 Å². The zero-order chi connectivity index (χ0) is 38.1. The first-order chi connectivity index (χ1) is 26.7. The Morgan fingerprint density at radius 3 is 1.27 bits per heavy atom. The van der Waals surface area contributed by atoms with E-state index in [-0.39, 0.29) is 43.7 Å². The van der Waals surface area contributed by atoms with Crippen LogP contribution < -0.4 is 43.7 Å². The second kappa shape index (κ2) is 13.5. The van der Waals surface area contributed by atoms with Gasteiger partial charge in [-0.2, -0.15) is 0 Å². The fraction of sp³-hybridized carbons (Fsp3) is 0. The lowest BCUT2D eigenvalue weighted by Gasteiger charge is -2.28. The van der Waals surface area contributed by atoms with Gasteiger partial charge in [0.15, 0.2) is 0 Å². The SMILES string of the molecule is [B]c1c([B])c([B])c2c(-c3cccc(-c4nc5ccccc5n4-c4ccccc4)c3)c3c([B])c([B])c([B])c([B])c3c(-c3cccc(-c4ccccc4)c3)c2c1[B]. The van der Waals surface area contributed by atoms with Crippen LogP contribution in [-0.4, -0.2) is 72.3 Å². The molecule has 9 aromatic rings. The predicted molar refractivity (Wildman–Crippen MR) is 241 cm³/mol. The summed E-state index contributed by atoms with van der Waals surface area (Å²) < 4.78 is 2.14. The molecule has 0 saturated carbocycles. The highest BCUT2D eigenvalue weighted by Crippen LogP contribution is 2.42. The van der Waals surface area contributed by atoms with Crippen molar-refractivity contribution in [1.29, 1.82) is 0 Å². The molecule has 0 aliphatic heterocycles. The van der Waals surface area contributed by atoms with Crippen molar-refractivity contribution in [2.24, 2.45) is 0 Å². The van der Waals surface area contributed by atoms with Crippen LogP contribution in [0.3, 0.4) is 0 Å². The molecule has 9 rings (SSSR count). The summed E-state index contributed by atoms with van der Waals surface area (Å²) in [5, 5.41) is 2.24. The number of hydrogen-bond donors (Lipinski definition) is 0. The monoisotopic (exact) mass is 678 g/mol. The van der Waals surface area contributed by atoms with Crippen LogP contribution in [0.25, 0.3) is 83.0 Å². The molecule has 0 spiro atoms. The first-order valence-electron chi connectivity index (χ1n) is 17.7. The van der Waals surface area contributed by atoms with Gasteiger partial charge in [-0.25, -0.2) is 4.98 Å². The number of rotatable bonds is 5. The van der Waals surface area contributed by atoms with E-state index < -0.39 is 0 Å². The fourth-order valence-corrected chi connectivity index (χ4v) is 7.88. The van der Waals surface area contributed by atoms with Crippen LogP contribution in [0.1, 0.15) is 0 Å². The van der Waals surface area contributed by atoms with Crippen molar-refractivity contribution in [3.05, 3.63) is 133 Å². The lowest BCUT2D eigenvalue weighted by Crippen LogP contribution is -2.50. The maximum absolute atomic E-state index is 7.04. The van der Waals surface area contributed by atoms with E-state index in [1.807, 2.05) is 103 Å². The van der Waals surface area contributed by atoms with Gasteiger partial charge in [0, 0.05) is 11.3 Å². The minimum atomic E-state index is 0.159. The van der Waals surface area contributed by atoms with E-state index in [2.05, 4.69) is 34.9 Å². The van der Waals surface area contributed by atoms with Crippen LogP contribution in [0, 0.1) is 0 Å². The summed E-state index contributed by atoms with van der Waals surface area (Å²) in [6.45, 7) is 0. The molecule has 0 fully saturated rings. The Morgan fingerprint density at radius 2 is 0.745 bits per heavy atom. The average molecular weight is 677 g/mol. The van der Waals surface area contributed by atoms with Crippen LogP contribution in [0.5, 0.6) is 0 Å². The molecule has 0 N–H and O–H groups in total. The summed E-state index contributed by atoms with van der Waals surface area (Å²) in [6, 6.07) is 44.3. The van der Waals surface area contributed by atoms with E-state index in [0.29, 0.717) is 32.7 Å². The zero-order valence-electron chi connectivity index (χ0n) is 29.7. The smallest absolute Gasteiger partial charge is 0.145 e. The van der Waals surface area contributed by atoms with Gasteiger partial charge in [0.05, 0.1) is 11.0 Å². The highest BCUT2D eigenvalue weighted by molar-refractivity contribution is 6.71. The lowest BCUT2D eigenvalue weighted by atomic mass is 9.59. The Kier molecular flexibility index (Phi) is 8.61. The van der Waals surface area contributed by atoms with E-state index >= 15 is 0 Å². The molecule has 0 aliphatic rings. The number of hydrogen-bond acceptors (Lipinski definition) is 1. The van der Waals surface area contributed by atoms with Crippen molar-refractivity contribution in [3.8, 4) is 50.5 Å². The quantitative estimate of drug-likeness (QED) is 0.202. The summed E-state index contributed by atoms with van der Waals surface area (Å²) in [5.74, 6) is 0.740. The van der Waals surface area contributed by atoms with Crippen molar-refractivity contribution in [1.82, 2.24) is 9.55 Å². The number of nitrogens with zero attached hydrogens (tertiary/aromatic N) is 2.